The van der Waals surface area contributed by atoms with Crippen LogP contribution in [0.5, 0.6) is 0 Å². The summed E-state index contributed by atoms with van der Waals surface area (Å²) in [5.74, 6) is 0. The highest BCUT2D eigenvalue weighted by Crippen LogP contribution is 2.08. The van der Waals surface area contributed by atoms with E-state index in [0.29, 0.717) is 6.61 Å². The summed E-state index contributed by atoms with van der Waals surface area (Å²) in [5, 5.41) is 8.35. The molecule has 0 amide bonds. The first kappa shape index (κ1) is 13.9. The van der Waals surface area contributed by atoms with Gasteiger partial charge in [0.15, 0.2) is 0 Å². The molecular formula is C11H24O3. The number of aliphatic hydroxyl groups excluding tert-OH is 1. The first-order chi connectivity index (χ1) is 6.56. The van der Waals surface area contributed by atoms with Crippen LogP contribution < -0.4 is 0 Å². The Hall–Kier alpha value is -0.120. The van der Waals surface area contributed by atoms with Gasteiger partial charge in [0.05, 0.1) is 5.60 Å². The minimum absolute atomic E-state index is 0.0139. The van der Waals surface area contributed by atoms with E-state index in [1.807, 2.05) is 0 Å². The normalized spacial score (nSPS) is 12.0. The van der Waals surface area contributed by atoms with Crippen molar-refractivity contribution >= 4 is 0 Å². The van der Waals surface area contributed by atoms with Gasteiger partial charge in [0.1, 0.15) is 6.79 Å². The van der Waals surface area contributed by atoms with Crippen molar-refractivity contribution in [3.8, 4) is 0 Å². The molecule has 0 aromatic heterocycles. The Kier molecular flexibility index (Phi) is 8.14. The zero-order valence-corrected chi connectivity index (χ0v) is 9.71. The molecule has 0 bridgehead atoms. The number of rotatable bonds is 8. The van der Waals surface area contributed by atoms with Gasteiger partial charge in [-0.1, -0.05) is 12.8 Å². The van der Waals surface area contributed by atoms with E-state index in [2.05, 4.69) is 20.8 Å². The molecule has 1 N–H and O–H groups in total. The fourth-order valence-electron chi connectivity index (χ4n) is 1.10. The molecule has 0 aromatic carbocycles. The molecule has 0 fully saturated rings. The lowest BCUT2D eigenvalue weighted by atomic mass is 10.2. The van der Waals surface area contributed by atoms with E-state index >= 15 is 0 Å². The summed E-state index contributed by atoms with van der Waals surface area (Å²) < 4.78 is 10.4. The van der Waals surface area contributed by atoms with Crippen molar-refractivity contribution in [1.29, 1.82) is 0 Å². The van der Waals surface area contributed by atoms with E-state index in [4.69, 9.17) is 14.6 Å². The summed E-state index contributed by atoms with van der Waals surface area (Å²) in [7, 11) is 0. The van der Waals surface area contributed by atoms with Gasteiger partial charge in [-0.15, -0.1) is 0 Å². The van der Waals surface area contributed by atoms with Crippen LogP contribution in [0.15, 0.2) is 0 Å². The second-order valence-electron chi connectivity index (χ2n) is 4.41. The monoisotopic (exact) mass is 204 g/mol. The van der Waals surface area contributed by atoms with E-state index < -0.39 is 0 Å². The third-order valence-corrected chi connectivity index (χ3v) is 1.81. The zero-order chi connectivity index (χ0) is 10.9. The smallest absolute Gasteiger partial charge is 0.143 e. The molecule has 86 valence electrons. The average Bonchev–Trinajstić information content (AvgIpc) is 2.08. The number of ether oxygens (including phenoxy) is 2. The predicted octanol–water partition coefficient (Wildman–Crippen LogP) is 2.33. The van der Waals surface area contributed by atoms with Crippen molar-refractivity contribution in [2.75, 3.05) is 20.0 Å². The molecule has 0 atom stereocenters. The van der Waals surface area contributed by atoms with Gasteiger partial charge in [-0.2, -0.15) is 0 Å². The van der Waals surface area contributed by atoms with Crippen LogP contribution >= 0.6 is 0 Å². The molecule has 0 aliphatic rings. The van der Waals surface area contributed by atoms with Gasteiger partial charge >= 0.3 is 0 Å². The minimum Gasteiger partial charge on any atom is -0.376 e. The SMILES string of the molecule is CC(C)(C)OCCCCCCOCO. The Morgan fingerprint density at radius 2 is 1.50 bits per heavy atom. The van der Waals surface area contributed by atoms with E-state index in [9.17, 15) is 0 Å². The highest BCUT2D eigenvalue weighted by atomic mass is 16.6. The lowest BCUT2D eigenvalue weighted by Crippen LogP contribution is -2.19. The minimum atomic E-state index is -0.160. The van der Waals surface area contributed by atoms with Crippen molar-refractivity contribution in [1.82, 2.24) is 0 Å². The summed E-state index contributed by atoms with van der Waals surface area (Å²) in [6.45, 7) is 7.56. The van der Waals surface area contributed by atoms with Crippen LogP contribution in [0.2, 0.25) is 0 Å². The summed E-state index contributed by atoms with van der Waals surface area (Å²) in [5.41, 5.74) is -0.0139. The van der Waals surface area contributed by atoms with Gasteiger partial charge in [0.25, 0.3) is 0 Å². The standard InChI is InChI=1S/C11H24O3/c1-11(2,3)14-9-7-5-4-6-8-13-10-12/h12H,4-10H2,1-3H3. The second kappa shape index (κ2) is 8.21. The molecule has 0 radical (unpaired) electrons. The predicted molar refractivity (Wildman–Crippen MR) is 57.2 cm³/mol. The lowest BCUT2D eigenvalue weighted by Gasteiger charge is -2.19. The van der Waals surface area contributed by atoms with Gasteiger partial charge in [0.2, 0.25) is 0 Å². The second-order valence-corrected chi connectivity index (χ2v) is 4.41. The zero-order valence-electron chi connectivity index (χ0n) is 9.71. The van der Waals surface area contributed by atoms with Gasteiger partial charge in [0, 0.05) is 13.2 Å². The molecule has 0 aliphatic carbocycles. The molecule has 0 rings (SSSR count). The molecule has 3 heteroatoms. The van der Waals surface area contributed by atoms with Gasteiger partial charge in [-0.3, -0.25) is 0 Å². The van der Waals surface area contributed by atoms with Crippen molar-refractivity contribution in [2.24, 2.45) is 0 Å². The van der Waals surface area contributed by atoms with Crippen LogP contribution in [0.4, 0.5) is 0 Å². The van der Waals surface area contributed by atoms with Crippen LogP contribution in [0, 0.1) is 0 Å². The van der Waals surface area contributed by atoms with E-state index in [1.165, 1.54) is 6.42 Å². The maximum atomic E-state index is 8.35. The molecule has 0 spiro atoms. The maximum absolute atomic E-state index is 8.35. The van der Waals surface area contributed by atoms with E-state index in [0.717, 1.165) is 25.9 Å². The third kappa shape index (κ3) is 11.9. The number of aliphatic hydroxyl groups is 1. The summed E-state index contributed by atoms with van der Waals surface area (Å²) >= 11 is 0. The summed E-state index contributed by atoms with van der Waals surface area (Å²) in [6.07, 6.45) is 4.45. The fourth-order valence-corrected chi connectivity index (χ4v) is 1.10. The molecule has 14 heavy (non-hydrogen) atoms. The van der Waals surface area contributed by atoms with Crippen molar-refractivity contribution in [2.45, 2.75) is 52.1 Å². The maximum Gasteiger partial charge on any atom is 0.143 e. The van der Waals surface area contributed by atoms with Crippen LogP contribution in [0.1, 0.15) is 46.5 Å². The molecular weight excluding hydrogens is 180 g/mol. The Morgan fingerprint density at radius 3 is 2.00 bits per heavy atom. The quantitative estimate of drug-likeness (QED) is 0.487. The first-order valence-corrected chi connectivity index (χ1v) is 5.39. The average molecular weight is 204 g/mol. The fraction of sp³-hybridized carbons (Fsp3) is 1.00. The Morgan fingerprint density at radius 1 is 0.929 bits per heavy atom. The molecule has 0 heterocycles. The number of hydrogen-bond acceptors (Lipinski definition) is 3. The summed E-state index contributed by atoms with van der Waals surface area (Å²) in [4.78, 5) is 0. The van der Waals surface area contributed by atoms with E-state index in [-0.39, 0.29) is 12.4 Å². The molecule has 0 aromatic rings. The molecule has 0 saturated heterocycles. The molecule has 3 nitrogen and oxygen atoms in total. The lowest BCUT2D eigenvalue weighted by molar-refractivity contribution is -0.00846. The first-order valence-electron chi connectivity index (χ1n) is 5.39. The van der Waals surface area contributed by atoms with Crippen LogP contribution in [0.25, 0.3) is 0 Å². The molecule has 0 unspecified atom stereocenters. The third-order valence-electron chi connectivity index (χ3n) is 1.81. The van der Waals surface area contributed by atoms with Gasteiger partial charge in [-0.25, -0.2) is 0 Å². The number of hydrogen-bond donors (Lipinski definition) is 1. The van der Waals surface area contributed by atoms with Crippen LogP contribution in [-0.4, -0.2) is 30.7 Å². The Labute approximate surface area is 87.4 Å². The summed E-state index contributed by atoms with van der Waals surface area (Å²) in [6, 6.07) is 0. The molecule has 0 aliphatic heterocycles. The highest BCUT2D eigenvalue weighted by Gasteiger charge is 2.08. The van der Waals surface area contributed by atoms with Crippen molar-refractivity contribution < 1.29 is 14.6 Å². The Balaban J connectivity index is 2.99. The Bertz CT molecular complexity index is 118. The van der Waals surface area contributed by atoms with E-state index in [1.54, 1.807) is 0 Å². The molecule has 0 saturated carbocycles. The van der Waals surface area contributed by atoms with Crippen molar-refractivity contribution in [3.63, 3.8) is 0 Å². The van der Waals surface area contributed by atoms with Crippen LogP contribution in [-0.2, 0) is 9.47 Å². The largest absolute Gasteiger partial charge is 0.376 e. The van der Waals surface area contributed by atoms with Crippen LogP contribution in [0.3, 0.4) is 0 Å². The van der Waals surface area contributed by atoms with Gasteiger partial charge in [-0.05, 0) is 33.6 Å². The topological polar surface area (TPSA) is 38.7 Å². The number of unbranched alkanes of at least 4 members (excludes halogenated alkanes) is 3. The van der Waals surface area contributed by atoms with Gasteiger partial charge < -0.3 is 14.6 Å². The van der Waals surface area contributed by atoms with Crippen molar-refractivity contribution in [3.05, 3.63) is 0 Å². The highest BCUT2D eigenvalue weighted by molar-refractivity contribution is 4.58.